The number of nitrogens with one attached hydrogen (secondary N) is 1. The first-order chi connectivity index (χ1) is 10.4. The largest absolute Gasteiger partial charge is 0.317 e. The van der Waals surface area contributed by atoms with Crippen molar-refractivity contribution < 1.29 is 0 Å². The van der Waals surface area contributed by atoms with Gasteiger partial charge in [-0.2, -0.15) is 0 Å². The van der Waals surface area contributed by atoms with Crippen molar-refractivity contribution in [2.24, 2.45) is 5.92 Å². The second kappa shape index (κ2) is 7.01. The Balaban J connectivity index is 1.72. The zero-order valence-electron chi connectivity index (χ0n) is 12.9. The summed E-state index contributed by atoms with van der Waals surface area (Å²) in [5, 5.41) is 4.75. The summed E-state index contributed by atoms with van der Waals surface area (Å²) < 4.78 is 0. The number of para-hydroxylation sites is 1. The molecular weight excluding hydrogens is 258 g/mol. The number of hydrogen-bond acceptors (Lipinski definition) is 3. The van der Waals surface area contributed by atoms with Gasteiger partial charge in [0.25, 0.3) is 0 Å². The minimum atomic E-state index is 0.847. The number of rotatable bonds is 5. The van der Waals surface area contributed by atoms with Crippen LogP contribution in [0.3, 0.4) is 0 Å². The van der Waals surface area contributed by atoms with Crippen molar-refractivity contribution in [2.45, 2.75) is 26.3 Å². The van der Waals surface area contributed by atoms with E-state index in [1.54, 1.807) is 0 Å². The third kappa shape index (κ3) is 3.60. The summed E-state index contributed by atoms with van der Waals surface area (Å²) in [6.07, 6.45) is 4.57. The molecule has 0 bridgehead atoms. The van der Waals surface area contributed by atoms with Crippen LogP contribution in [-0.2, 0) is 6.54 Å². The SMILES string of the molecule is CCN(Cc1ccnc2ccccc12)CC1CCNCC1. The fraction of sp³-hybridized carbons (Fsp3) is 0.500. The van der Waals surface area contributed by atoms with E-state index in [9.17, 15) is 0 Å². The van der Waals surface area contributed by atoms with Crippen LogP contribution in [0.1, 0.15) is 25.3 Å². The van der Waals surface area contributed by atoms with E-state index in [4.69, 9.17) is 0 Å². The minimum absolute atomic E-state index is 0.847. The number of pyridine rings is 1. The van der Waals surface area contributed by atoms with E-state index in [1.807, 2.05) is 6.20 Å². The summed E-state index contributed by atoms with van der Waals surface area (Å²) in [5.74, 6) is 0.847. The maximum absolute atomic E-state index is 4.46. The van der Waals surface area contributed by atoms with E-state index in [2.05, 4.69) is 52.5 Å². The van der Waals surface area contributed by atoms with Gasteiger partial charge in [-0.3, -0.25) is 9.88 Å². The molecule has 3 heteroatoms. The van der Waals surface area contributed by atoms with Crippen molar-refractivity contribution in [3.8, 4) is 0 Å². The molecule has 2 heterocycles. The van der Waals surface area contributed by atoms with E-state index in [0.717, 1.165) is 24.5 Å². The molecule has 3 rings (SSSR count). The predicted molar refractivity (Wildman–Crippen MR) is 88.3 cm³/mol. The third-order valence-corrected chi connectivity index (χ3v) is 4.56. The average Bonchev–Trinajstić information content (AvgIpc) is 2.55. The molecule has 1 saturated heterocycles. The fourth-order valence-corrected chi connectivity index (χ4v) is 3.27. The first-order valence-electron chi connectivity index (χ1n) is 8.12. The summed E-state index contributed by atoms with van der Waals surface area (Å²) in [4.78, 5) is 7.04. The quantitative estimate of drug-likeness (QED) is 0.914. The van der Waals surface area contributed by atoms with Crippen molar-refractivity contribution in [2.75, 3.05) is 26.2 Å². The molecule has 1 aromatic heterocycles. The van der Waals surface area contributed by atoms with Crippen molar-refractivity contribution in [3.63, 3.8) is 0 Å². The van der Waals surface area contributed by atoms with E-state index in [0.29, 0.717) is 0 Å². The second-order valence-corrected chi connectivity index (χ2v) is 6.01. The summed E-state index contributed by atoms with van der Waals surface area (Å²) in [6, 6.07) is 10.6. The Hall–Kier alpha value is -1.45. The second-order valence-electron chi connectivity index (χ2n) is 6.01. The van der Waals surface area contributed by atoms with E-state index >= 15 is 0 Å². The van der Waals surface area contributed by atoms with Crippen LogP contribution in [-0.4, -0.2) is 36.1 Å². The molecule has 0 aliphatic carbocycles. The van der Waals surface area contributed by atoms with Gasteiger partial charge in [0.2, 0.25) is 0 Å². The average molecular weight is 283 g/mol. The van der Waals surface area contributed by atoms with Crippen LogP contribution >= 0.6 is 0 Å². The Morgan fingerprint density at radius 1 is 1.19 bits per heavy atom. The standard InChI is InChI=1S/C18H25N3/c1-2-21(13-15-7-10-19-11-8-15)14-16-9-12-20-18-6-4-3-5-17(16)18/h3-6,9,12,15,19H,2,7-8,10-11,13-14H2,1H3. The highest BCUT2D eigenvalue weighted by Crippen LogP contribution is 2.20. The Labute approximate surface area is 127 Å². The number of nitrogens with zero attached hydrogens (tertiary/aromatic N) is 2. The Morgan fingerprint density at radius 3 is 2.81 bits per heavy atom. The lowest BCUT2D eigenvalue weighted by Crippen LogP contribution is -2.35. The summed E-state index contributed by atoms with van der Waals surface area (Å²) >= 11 is 0. The van der Waals surface area contributed by atoms with E-state index in [1.165, 1.54) is 43.4 Å². The van der Waals surface area contributed by atoms with Gasteiger partial charge in [-0.1, -0.05) is 25.1 Å². The molecule has 1 aliphatic rings. The summed E-state index contributed by atoms with van der Waals surface area (Å²) in [5.41, 5.74) is 2.50. The number of hydrogen-bond donors (Lipinski definition) is 1. The predicted octanol–water partition coefficient (Wildman–Crippen LogP) is 3.06. The Morgan fingerprint density at radius 2 is 2.00 bits per heavy atom. The van der Waals surface area contributed by atoms with Crippen molar-refractivity contribution in [1.82, 2.24) is 15.2 Å². The first-order valence-corrected chi connectivity index (χ1v) is 8.12. The van der Waals surface area contributed by atoms with E-state index < -0.39 is 0 Å². The van der Waals surface area contributed by atoms with Crippen LogP contribution < -0.4 is 5.32 Å². The minimum Gasteiger partial charge on any atom is -0.317 e. The van der Waals surface area contributed by atoms with Crippen molar-refractivity contribution in [1.29, 1.82) is 0 Å². The lowest BCUT2D eigenvalue weighted by atomic mass is 9.97. The molecule has 0 amide bonds. The van der Waals surface area contributed by atoms with Crippen molar-refractivity contribution in [3.05, 3.63) is 42.1 Å². The molecular formula is C18H25N3. The highest BCUT2D eigenvalue weighted by atomic mass is 15.1. The highest BCUT2D eigenvalue weighted by Gasteiger charge is 2.16. The normalized spacial score (nSPS) is 16.7. The third-order valence-electron chi connectivity index (χ3n) is 4.56. The van der Waals surface area contributed by atoms with Gasteiger partial charge in [0, 0.05) is 24.7 Å². The van der Waals surface area contributed by atoms with Gasteiger partial charge >= 0.3 is 0 Å². The maximum atomic E-state index is 4.46. The number of piperidine rings is 1. The van der Waals surface area contributed by atoms with Gasteiger partial charge in [-0.25, -0.2) is 0 Å². The van der Waals surface area contributed by atoms with Gasteiger partial charge in [0.1, 0.15) is 0 Å². The molecule has 1 aromatic carbocycles. The smallest absolute Gasteiger partial charge is 0.0705 e. The monoisotopic (exact) mass is 283 g/mol. The lowest BCUT2D eigenvalue weighted by molar-refractivity contribution is 0.207. The van der Waals surface area contributed by atoms with Gasteiger partial charge < -0.3 is 5.32 Å². The van der Waals surface area contributed by atoms with Crippen LogP contribution in [0.25, 0.3) is 10.9 Å². The Bertz CT molecular complexity index is 570. The van der Waals surface area contributed by atoms with Gasteiger partial charge in [-0.05, 0) is 56.1 Å². The number of benzene rings is 1. The molecule has 0 radical (unpaired) electrons. The molecule has 0 unspecified atom stereocenters. The molecule has 21 heavy (non-hydrogen) atoms. The topological polar surface area (TPSA) is 28.2 Å². The van der Waals surface area contributed by atoms with Gasteiger partial charge in [0.05, 0.1) is 5.52 Å². The van der Waals surface area contributed by atoms with Crippen LogP contribution in [0, 0.1) is 5.92 Å². The van der Waals surface area contributed by atoms with Crippen LogP contribution in [0.5, 0.6) is 0 Å². The summed E-state index contributed by atoms with van der Waals surface area (Å²) in [7, 11) is 0. The molecule has 3 nitrogen and oxygen atoms in total. The van der Waals surface area contributed by atoms with Crippen LogP contribution in [0.15, 0.2) is 36.5 Å². The summed E-state index contributed by atoms with van der Waals surface area (Å²) in [6.45, 7) is 7.99. The van der Waals surface area contributed by atoms with Crippen molar-refractivity contribution >= 4 is 10.9 Å². The van der Waals surface area contributed by atoms with E-state index in [-0.39, 0.29) is 0 Å². The maximum Gasteiger partial charge on any atom is 0.0705 e. The van der Waals surface area contributed by atoms with Crippen LogP contribution in [0.2, 0.25) is 0 Å². The van der Waals surface area contributed by atoms with Gasteiger partial charge in [0.15, 0.2) is 0 Å². The molecule has 0 atom stereocenters. The molecule has 1 aliphatic heterocycles. The fourth-order valence-electron chi connectivity index (χ4n) is 3.27. The van der Waals surface area contributed by atoms with Gasteiger partial charge in [-0.15, -0.1) is 0 Å². The Kier molecular flexibility index (Phi) is 4.84. The molecule has 1 N–H and O–H groups in total. The number of aromatic nitrogens is 1. The first kappa shape index (κ1) is 14.5. The number of fused-ring (bicyclic) bond motifs is 1. The molecule has 0 spiro atoms. The zero-order valence-corrected chi connectivity index (χ0v) is 12.9. The molecule has 1 fully saturated rings. The molecule has 2 aromatic rings. The molecule has 112 valence electrons. The lowest BCUT2D eigenvalue weighted by Gasteiger charge is -2.29. The molecule has 0 saturated carbocycles. The zero-order chi connectivity index (χ0) is 14.5. The van der Waals surface area contributed by atoms with Crippen LogP contribution in [0.4, 0.5) is 0 Å². The highest BCUT2D eigenvalue weighted by molar-refractivity contribution is 5.81.